The monoisotopic (exact) mass is 309 g/mol. The molecule has 1 aromatic heterocycles. The molecule has 1 heterocycles. The molecule has 0 aliphatic rings. The lowest BCUT2D eigenvalue weighted by Gasteiger charge is -2.07. The van der Waals surface area contributed by atoms with E-state index in [1.54, 1.807) is 6.92 Å². The quantitative estimate of drug-likeness (QED) is 0.668. The molecular formula is C19H19NO3. The first-order valence-corrected chi connectivity index (χ1v) is 7.59. The van der Waals surface area contributed by atoms with Crippen molar-refractivity contribution in [2.24, 2.45) is 7.05 Å². The molecule has 0 radical (unpaired) electrons. The van der Waals surface area contributed by atoms with Gasteiger partial charge in [-0.2, -0.15) is 0 Å². The number of hydrogen-bond donors (Lipinski definition) is 0. The van der Waals surface area contributed by atoms with Gasteiger partial charge >= 0.3 is 5.97 Å². The molecule has 3 rings (SSSR count). The number of fused-ring (bicyclic) bond motifs is 1. The number of ether oxygens (including phenoxy) is 2. The molecule has 0 atom stereocenters. The van der Waals surface area contributed by atoms with Gasteiger partial charge in [0.2, 0.25) is 0 Å². The largest absolute Gasteiger partial charge is 0.461 e. The van der Waals surface area contributed by atoms with E-state index in [2.05, 4.69) is 0 Å². The van der Waals surface area contributed by atoms with Gasteiger partial charge in [0.05, 0.1) is 6.61 Å². The van der Waals surface area contributed by atoms with Gasteiger partial charge in [-0.05, 0) is 55.8 Å². The molecule has 0 fully saturated rings. The molecule has 0 aliphatic carbocycles. The van der Waals surface area contributed by atoms with E-state index in [1.165, 1.54) is 0 Å². The molecule has 2 aromatic carbocycles. The van der Waals surface area contributed by atoms with Crippen LogP contribution in [0.1, 0.15) is 23.0 Å². The fourth-order valence-electron chi connectivity index (χ4n) is 2.61. The van der Waals surface area contributed by atoms with Crippen molar-refractivity contribution in [2.75, 3.05) is 6.61 Å². The Hall–Kier alpha value is -2.75. The number of benzene rings is 2. The molecule has 4 heteroatoms. The maximum absolute atomic E-state index is 12.0. The fourth-order valence-corrected chi connectivity index (χ4v) is 2.61. The Balaban J connectivity index is 1.94. The van der Waals surface area contributed by atoms with Crippen LogP contribution in [0.3, 0.4) is 0 Å². The number of aromatic nitrogens is 1. The van der Waals surface area contributed by atoms with Gasteiger partial charge in [0.15, 0.2) is 0 Å². The Bertz CT molecular complexity index is 864. The van der Waals surface area contributed by atoms with E-state index in [4.69, 9.17) is 9.47 Å². The number of hydrogen-bond acceptors (Lipinski definition) is 3. The van der Waals surface area contributed by atoms with Gasteiger partial charge in [0.25, 0.3) is 0 Å². The van der Waals surface area contributed by atoms with Crippen LogP contribution in [0.2, 0.25) is 0 Å². The minimum absolute atomic E-state index is 0.313. The minimum atomic E-state index is -0.313. The zero-order chi connectivity index (χ0) is 16.4. The molecule has 3 aromatic rings. The average Bonchev–Trinajstić information content (AvgIpc) is 2.84. The van der Waals surface area contributed by atoms with Gasteiger partial charge in [0, 0.05) is 18.0 Å². The van der Waals surface area contributed by atoms with Crippen molar-refractivity contribution in [3.8, 4) is 11.5 Å². The number of esters is 1. The SMILES string of the molecule is CCOC(=O)c1cc2cc(Oc3cccc(C)c3)ccc2n1C. The molecule has 0 amide bonds. The summed E-state index contributed by atoms with van der Waals surface area (Å²) in [5.41, 5.74) is 2.65. The lowest BCUT2D eigenvalue weighted by atomic mass is 10.2. The first kappa shape index (κ1) is 15.2. The minimum Gasteiger partial charge on any atom is -0.461 e. The maximum atomic E-state index is 12.0. The lowest BCUT2D eigenvalue weighted by Crippen LogP contribution is -2.09. The predicted octanol–water partition coefficient (Wildman–Crippen LogP) is 4.46. The molecule has 0 saturated carbocycles. The van der Waals surface area contributed by atoms with Crippen LogP contribution in [0.25, 0.3) is 10.9 Å². The van der Waals surface area contributed by atoms with Crippen LogP contribution in [-0.4, -0.2) is 17.1 Å². The van der Waals surface area contributed by atoms with Gasteiger partial charge in [-0.1, -0.05) is 12.1 Å². The molecule has 0 bridgehead atoms. The first-order valence-electron chi connectivity index (χ1n) is 7.59. The van der Waals surface area contributed by atoms with Gasteiger partial charge in [-0.15, -0.1) is 0 Å². The summed E-state index contributed by atoms with van der Waals surface area (Å²) in [6.45, 7) is 4.19. The summed E-state index contributed by atoms with van der Waals surface area (Å²) in [7, 11) is 1.86. The molecule has 0 aliphatic heterocycles. The average molecular weight is 309 g/mol. The van der Waals surface area contributed by atoms with Crippen molar-refractivity contribution in [3.63, 3.8) is 0 Å². The molecule has 0 N–H and O–H groups in total. The van der Waals surface area contributed by atoms with E-state index in [0.717, 1.165) is 28.0 Å². The van der Waals surface area contributed by atoms with Crippen LogP contribution in [0.5, 0.6) is 11.5 Å². The standard InChI is InChI=1S/C19H19NO3/c1-4-22-19(21)18-12-14-11-16(8-9-17(14)20(18)3)23-15-7-5-6-13(2)10-15/h5-12H,4H2,1-3H3. The molecule has 23 heavy (non-hydrogen) atoms. The molecule has 118 valence electrons. The summed E-state index contributed by atoms with van der Waals surface area (Å²) in [4.78, 5) is 12.0. The van der Waals surface area contributed by atoms with Crippen LogP contribution < -0.4 is 4.74 Å². The number of carbonyl (C=O) groups excluding carboxylic acids is 1. The second kappa shape index (κ2) is 6.16. The van der Waals surface area contributed by atoms with Crippen molar-refractivity contribution >= 4 is 16.9 Å². The van der Waals surface area contributed by atoms with Crippen molar-refractivity contribution in [2.45, 2.75) is 13.8 Å². The van der Waals surface area contributed by atoms with Crippen molar-refractivity contribution < 1.29 is 14.3 Å². The zero-order valence-electron chi connectivity index (χ0n) is 13.5. The second-order valence-corrected chi connectivity index (χ2v) is 5.45. The lowest BCUT2D eigenvalue weighted by molar-refractivity contribution is 0.0516. The third kappa shape index (κ3) is 3.06. The number of nitrogens with zero attached hydrogens (tertiary/aromatic N) is 1. The highest BCUT2D eigenvalue weighted by atomic mass is 16.5. The maximum Gasteiger partial charge on any atom is 0.354 e. The Labute approximate surface area is 135 Å². The van der Waals surface area contributed by atoms with Crippen molar-refractivity contribution in [3.05, 3.63) is 59.8 Å². The Morgan fingerprint density at radius 3 is 2.61 bits per heavy atom. The predicted molar refractivity (Wildman–Crippen MR) is 90.1 cm³/mol. The van der Waals surface area contributed by atoms with Gasteiger partial charge in [0.1, 0.15) is 17.2 Å². The summed E-state index contributed by atoms with van der Waals surface area (Å²) >= 11 is 0. The Morgan fingerprint density at radius 2 is 1.87 bits per heavy atom. The summed E-state index contributed by atoms with van der Waals surface area (Å²) in [6.07, 6.45) is 0. The fraction of sp³-hybridized carbons (Fsp3) is 0.211. The normalized spacial score (nSPS) is 10.7. The Morgan fingerprint density at radius 1 is 1.09 bits per heavy atom. The van der Waals surface area contributed by atoms with Crippen molar-refractivity contribution in [1.82, 2.24) is 4.57 Å². The summed E-state index contributed by atoms with van der Waals surface area (Å²) in [6, 6.07) is 15.5. The summed E-state index contributed by atoms with van der Waals surface area (Å²) < 4.78 is 12.8. The smallest absolute Gasteiger partial charge is 0.354 e. The van der Waals surface area contributed by atoms with E-state index in [9.17, 15) is 4.79 Å². The van der Waals surface area contributed by atoms with E-state index in [-0.39, 0.29) is 5.97 Å². The molecule has 4 nitrogen and oxygen atoms in total. The first-order chi connectivity index (χ1) is 11.1. The summed E-state index contributed by atoms with van der Waals surface area (Å²) in [5.74, 6) is 1.22. The highest BCUT2D eigenvalue weighted by Gasteiger charge is 2.14. The van der Waals surface area contributed by atoms with Crippen molar-refractivity contribution in [1.29, 1.82) is 0 Å². The molecule has 0 saturated heterocycles. The van der Waals surface area contributed by atoms with Crippen LogP contribution >= 0.6 is 0 Å². The van der Waals surface area contributed by atoms with E-state index < -0.39 is 0 Å². The number of carbonyl (C=O) groups is 1. The highest BCUT2D eigenvalue weighted by Crippen LogP contribution is 2.28. The van der Waals surface area contributed by atoms with Crippen LogP contribution in [0, 0.1) is 6.92 Å². The topological polar surface area (TPSA) is 40.5 Å². The van der Waals surface area contributed by atoms with E-state index in [1.807, 2.05) is 67.1 Å². The number of aryl methyl sites for hydroxylation is 2. The van der Waals surface area contributed by atoms with Gasteiger partial charge < -0.3 is 14.0 Å². The molecular weight excluding hydrogens is 290 g/mol. The molecule has 0 spiro atoms. The van der Waals surface area contributed by atoms with E-state index in [0.29, 0.717) is 12.3 Å². The van der Waals surface area contributed by atoms with Crippen LogP contribution in [0.15, 0.2) is 48.5 Å². The highest BCUT2D eigenvalue weighted by molar-refractivity contribution is 5.96. The zero-order valence-corrected chi connectivity index (χ0v) is 13.5. The third-order valence-electron chi connectivity index (χ3n) is 3.72. The van der Waals surface area contributed by atoms with Gasteiger partial charge in [-0.3, -0.25) is 0 Å². The van der Waals surface area contributed by atoms with Crippen LogP contribution in [0.4, 0.5) is 0 Å². The third-order valence-corrected chi connectivity index (χ3v) is 3.72. The molecule has 0 unspecified atom stereocenters. The van der Waals surface area contributed by atoms with Crippen LogP contribution in [-0.2, 0) is 11.8 Å². The van der Waals surface area contributed by atoms with Gasteiger partial charge in [-0.25, -0.2) is 4.79 Å². The summed E-state index contributed by atoms with van der Waals surface area (Å²) in [5, 5.41) is 0.945. The van der Waals surface area contributed by atoms with E-state index >= 15 is 0 Å². The second-order valence-electron chi connectivity index (χ2n) is 5.45. The number of rotatable bonds is 4. The Kier molecular flexibility index (Phi) is 4.06.